The summed E-state index contributed by atoms with van der Waals surface area (Å²) in [6.07, 6.45) is 7.86. The van der Waals surface area contributed by atoms with Gasteiger partial charge in [0.05, 0.1) is 12.1 Å². The molecule has 0 radical (unpaired) electrons. The summed E-state index contributed by atoms with van der Waals surface area (Å²) in [6, 6.07) is 3.81. The molecule has 188 valence electrons. The molecule has 2 aromatic rings. The number of pyridine rings is 1. The van der Waals surface area contributed by atoms with E-state index in [1.165, 1.54) is 12.0 Å². The smallest absolute Gasteiger partial charge is 0.222 e. The maximum absolute atomic E-state index is 9.88. The second kappa shape index (κ2) is 13.5. The van der Waals surface area contributed by atoms with Crippen LogP contribution >= 0.6 is 0 Å². The van der Waals surface area contributed by atoms with E-state index in [-0.39, 0.29) is 6.10 Å². The highest BCUT2D eigenvalue weighted by Gasteiger charge is 2.20. The average molecular weight is 473 g/mol. The number of aliphatic hydroxyl groups is 2. The molecule has 0 saturated carbocycles. The van der Waals surface area contributed by atoms with Gasteiger partial charge in [-0.05, 0) is 76.1 Å². The van der Waals surface area contributed by atoms with E-state index in [1.54, 1.807) is 19.5 Å². The zero-order valence-electron chi connectivity index (χ0n) is 20.7. The summed E-state index contributed by atoms with van der Waals surface area (Å²) < 4.78 is 5.48. The molecule has 3 rings (SSSR count). The average Bonchev–Trinajstić information content (AvgIpc) is 2.84. The number of methoxy groups -OCH3 is 1. The van der Waals surface area contributed by atoms with Crippen molar-refractivity contribution in [3.05, 3.63) is 41.3 Å². The van der Waals surface area contributed by atoms with Crippen LogP contribution in [0, 0.1) is 6.92 Å². The van der Waals surface area contributed by atoms with Gasteiger partial charge < -0.3 is 30.5 Å². The standard InChI is InChI=1S/C25H40N6O3/c1-18-15-27-25(28-16-18)30-22(24(32)33)11-14-31(17-19(2)34-3)13-5-4-8-21-10-9-20-7-6-12-26-23(20)29-21/h9-10,15-16,19,22,24,32-33H,4-8,11-14,17H2,1-3H3,(H,26,29)(H,27,28,30)/t19-,22+/m1/s1. The maximum Gasteiger partial charge on any atom is 0.222 e. The topological polar surface area (TPSA) is 116 Å². The highest BCUT2D eigenvalue weighted by molar-refractivity contribution is 5.47. The van der Waals surface area contributed by atoms with Gasteiger partial charge in [0.15, 0.2) is 6.29 Å². The van der Waals surface area contributed by atoms with Crippen LogP contribution in [0.1, 0.15) is 49.4 Å². The molecule has 3 heterocycles. The number of ether oxygens (including phenoxy) is 1. The van der Waals surface area contributed by atoms with Crippen LogP contribution in [0.15, 0.2) is 24.5 Å². The number of fused-ring (bicyclic) bond motifs is 1. The maximum atomic E-state index is 9.88. The summed E-state index contributed by atoms with van der Waals surface area (Å²) in [5.41, 5.74) is 3.41. The second-order valence-electron chi connectivity index (χ2n) is 9.18. The van der Waals surface area contributed by atoms with Crippen LogP contribution in [0.5, 0.6) is 0 Å². The quantitative estimate of drug-likeness (QED) is 0.243. The number of nitrogens with one attached hydrogen (secondary N) is 2. The van der Waals surface area contributed by atoms with Crippen molar-refractivity contribution in [2.45, 2.75) is 70.8 Å². The number of anilines is 2. The number of unbranched alkanes of at least 4 members (excludes halogenated alkanes) is 1. The molecule has 0 spiro atoms. The van der Waals surface area contributed by atoms with E-state index in [9.17, 15) is 10.2 Å². The SMILES string of the molecule is CO[C@H](C)CN(CCCCc1ccc2c(n1)NCCC2)CC[C@H](Nc1ncc(C)cn1)C(O)O. The lowest BCUT2D eigenvalue weighted by molar-refractivity contribution is -0.0565. The van der Waals surface area contributed by atoms with Crippen LogP contribution in [0.4, 0.5) is 11.8 Å². The summed E-state index contributed by atoms with van der Waals surface area (Å²) in [7, 11) is 1.72. The number of hydrogen-bond donors (Lipinski definition) is 4. The Labute approximate surface area is 203 Å². The molecule has 9 heteroatoms. The fourth-order valence-electron chi connectivity index (χ4n) is 4.13. The Bertz CT molecular complexity index is 864. The second-order valence-corrected chi connectivity index (χ2v) is 9.18. The third-order valence-corrected chi connectivity index (χ3v) is 6.24. The molecule has 1 aliphatic heterocycles. The number of nitrogens with zero attached hydrogens (tertiary/aromatic N) is 4. The molecule has 4 N–H and O–H groups in total. The Kier molecular flexibility index (Phi) is 10.5. The van der Waals surface area contributed by atoms with Crippen LogP contribution in [-0.4, -0.2) is 81.8 Å². The van der Waals surface area contributed by atoms with Crippen molar-refractivity contribution in [1.82, 2.24) is 19.9 Å². The summed E-state index contributed by atoms with van der Waals surface area (Å²) in [5, 5.41) is 26.2. The van der Waals surface area contributed by atoms with E-state index in [1.807, 2.05) is 13.8 Å². The van der Waals surface area contributed by atoms with Crippen molar-refractivity contribution in [2.75, 3.05) is 43.9 Å². The molecule has 0 fully saturated rings. The Hall–Kier alpha value is -2.33. The zero-order chi connectivity index (χ0) is 24.3. The Morgan fingerprint density at radius 3 is 2.71 bits per heavy atom. The number of hydrogen-bond acceptors (Lipinski definition) is 9. The normalized spacial score (nSPS) is 15.1. The molecule has 0 unspecified atom stereocenters. The lowest BCUT2D eigenvalue weighted by atomic mass is 10.1. The molecule has 0 amide bonds. The number of aromatic nitrogens is 3. The van der Waals surface area contributed by atoms with E-state index in [0.717, 1.165) is 62.4 Å². The van der Waals surface area contributed by atoms with E-state index in [4.69, 9.17) is 9.72 Å². The van der Waals surface area contributed by atoms with Crippen molar-refractivity contribution >= 4 is 11.8 Å². The van der Waals surface area contributed by atoms with Crippen molar-refractivity contribution in [3.8, 4) is 0 Å². The molecule has 2 aromatic heterocycles. The van der Waals surface area contributed by atoms with Crippen molar-refractivity contribution < 1.29 is 14.9 Å². The van der Waals surface area contributed by atoms with Gasteiger partial charge in [0.1, 0.15) is 5.82 Å². The van der Waals surface area contributed by atoms with Crippen LogP contribution in [0.2, 0.25) is 0 Å². The third kappa shape index (κ3) is 8.47. The Balaban J connectivity index is 1.48. The van der Waals surface area contributed by atoms with Gasteiger partial charge in [0.25, 0.3) is 0 Å². The Morgan fingerprint density at radius 1 is 1.18 bits per heavy atom. The Morgan fingerprint density at radius 2 is 1.97 bits per heavy atom. The predicted octanol–water partition coefficient (Wildman–Crippen LogP) is 2.38. The third-order valence-electron chi connectivity index (χ3n) is 6.24. The first-order valence-electron chi connectivity index (χ1n) is 12.3. The predicted molar refractivity (Wildman–Crippen MR) is 134 cm³/mol. The summed E-state index contributed by atoms with van der Waals surface area (Å²) in [6.45, 7) is 7.36. The molecule has 0 bridgehead atoms. The summed E-state index contributed by atoms with van der Waals surface area (Å²) in [4.78, 5) is 15.6. The van der Waals surface area contributed by atoms with Gasteiger partial charge >= 0.3 is 0 Å². The number of aliphatic hydroxyl groups excluding tert-OH is 1. The van der Waals surface area contributed by atoms with Gasteiger partial charge in [-0.2, -0.15) is 0 Å². The molecular weight excluding hydrogens is 432 g/mol. The minimum Gasteiger partial charge on any atom is -0.380 e. The van der Waals surface area contributed by atoms with Gasteiger partial charge in [-0.15, -0.1) is 0 Å². The van der Waals surface area contributed by atoms with Crippen molar-refractivity contribution in [3.63, 3.8) is 0 Å². The van der Waals surface area contributed by atoms with E-state index < -0.39 is 12.3 Å². The van der Waals surface area contributed by atoms with Crippen molar-refractivity contribution in [1.29, 1.82) is 0 Å². The lowest BCUT2D eigenvalue weighted by Gasteiger charge is -2.28. The highest BCUT2D eigenvalue weighted by Crippen LogP contribution is 2.20. The van der Waals surface area contributed by atoms with Crippen LogP contribution in [0.3, 0.4) is 0 Å². The first-order valence-corrected chi connectivity index (χ1v) is 12.3. The van der Waals surface area contributed by atoms with E-state index in [0.29, 0.717) is 18.9 Å². The first kappa shape index (κ1) is 26.3. The molecule has 9 nitrogen and oxygen atoms in total. The summed E-state index contributed by atoms with van der Waals surface area (Å²) in [5.74, 6) is 1.45. The zero-order valence-corrected chi connectivity index (χ0v) is 20.7. The van der Waals surface area contributed by atoms with Gasteiger partial charge in [-0.25, -0.2) is 15.0 Å². The molecule has 0 aliphatic carbocycles. The van der Waals surface area contributed by atoms with Crippen LogP contribution in [-0.2, 0) is 17.6 Å². The lowest BCUT2D eigenvalue weighted by Crippen LogP contribution is -2.40. The van der Waals surface area contributed by atoms with E-state index in [2.05, 4.69) is 37.6 Å². The minimum atomic E-state index is -1.50. The highest BCUT2D eigenvalue weighted by atomic mass is 16.5. The fraction of sp³-hybridized carbons (Fsp3) is 0.640. The van der Waals surface area contributed by atoms with Crippen LogP contribution < -0.4 is 10.6 Å². The van der Waals surface area contributed by atoms with Gasteiger partial charge in [-0.1, -0.05) is 6.07 Å². The minimum absolute atomic E-state index is 0.0966. The molecule has 2 atom stereocenters. The monoisotopic (exact) mass is 472 g/mol. The largest absolute Gasteiger partial charge is 0.380 e. The van der Waals surface area contributed by atoms with Gasteiger partial charge in [0, 0.05) is 44.8 Å². The van der Waals surface area contributed by atoms with E-state index >= 15 is 0 Å². The fourth-order valence-corrected chi connectivity index (χ4v) is 4.13. The summed E-state index contributed by atoms with van der Waals surface area (Å²) >= 11 is 0. The van der Waals surface area contributed by atoms with Crippen LogP contribution in [0.25, 0.3) is 0 Å². The number of aryl methyl sites for hydroxylation is 3. The van der Waals surface area contributed by atoms with Gasteiger partial charge in [-0.3, -0.25) is 0 Å². The first-order chi connectivity index (χ1) is 16.4. The molecule has 0 aromatic carbocycles. The molecule has 1 aliphatic rings. The van der Waals surface area contributed by atoms with Gasteiger partial charge in [0.2, 0.25) is 5.95 Å². The van der Waals surface area contributed by atoms with Crippen molar-refractivity contribution in [2.24, 2.45) is 0 Å². The molecular formula is C25H40N6O3. The molecule has 0 saturated heterocycles. The number of rotatable bonds is 14. The molecule has 34 heavy (non-hydrogen) atoms.